The molecule has 0 amide bonds. The summed E-state index contributed by atoms with van der Waals surface area (Å²) in [6, 6.07) is 16.0. The Kier molecular flexibility index (Phi) is 7.38. The van der Waals surface area contributed by atoms with Gasteiger partial charge in [0.05, 0.1) is 16.4 Å². The van der Waals surface area contributed by atoms with Crippen LogP contribution in [0.25, 0.3) is 22.3 Å². The van der Waals surface area contributed by atoms with Gasteiger partial charge in [0.25, 0.3) is 0 Å². The van der Waals surface area contributed by atoms with Crippen LogP contribution < -0.4 is 15.5 Å². The van der Waals surface area contributed by atoms with Crippen LogP contribution in [0.15, 0.2) is 54.9 Å². The zero-order valence-corrected chi connectivity index (χ0v) is 24.3. The Morgan fingerprint density at radius 3 is 2.40 bits per heavy atom. The van der Waals surface area contributed by atoms with Gasteiger partial charge >= 0.3 is 0 Å². The molecule has 40 heavy (non-hydrogen) atoms. The van der Waals surface area contributed by atoms with E-state index in [2.05, 4.69) is 66.3 Å². The number of hydrogen-bond donors (Lipinski definition) is 2. The molecular formula is C30H37FN7OP. The monoisotopic (exact) mass is 561 g/mol. The molecule has 0 radical (unpaired) electrons. The van der Waals surface area contributed by atoms with E-state index in [1.54, 1.807) is 25.5 Å². The highest BCUT2D eigenvalue weighted by Gasteiger charge is 2.27. The normalized spacial score (nSPS) is 17.9. The SMILES string of the molecule is CN1CCN(C2CCN(c3ccc(-c4cc5c(Nc6cccc(F)c6P(C)(C)=O)ncnc5[nH]4)cc3)CC2)CC1. The van der Waals surface area contributed by atoms with Crippen molar-refractivity contribution in [2.24, 2.45) is 0 Å². The van der Waals surface area contributed by atoms with E-state index in [9.17, 15) is 8.96 Å². The third kappa shape index (κ3) is 5.51. The molecule has 0 aliphatic carbocycles. The molecule has 4 aromatic rings. The molecule has 2 saturated heterocycles. The highest BCUT2D eigenvalue weighted by Crippen LogP contribution is 2.40. The van der Waals surface area contributed by atoms with Crippen molar-refractivity contribution in [2.45, 2.75) is 18.9 Å². The predicted molar refractivity (Wildman–Crippen MR) is 162 cm³/mol. The standard InChI is InChI=1S/C30H37FN7OP/c1-36-15-17-38(18-16-36)23-11-13-37(14-12-23)22-9-7-21(8-10-22)27-19-24-29(32-20-33-30(24)35-27)34-26-6-4-5-25(31)28(26)40(2,3)39/h4-10,19-20,23H,11-18H2,1-3H3,(H2,32,33,34,35). The van der Waals surface area contributed by atoms with Crippen molar-refractivity contribution in [2.75, 3.05) is 69.9 Å². The number of likely N-dealkylation sites (N-methyl/N-ethyl adjacent to an activating group) is 1. The predicted octanol–water partition coefficient (Wildman–Crippen LogP) is 4.97. The van der Waals surface area contributed by atoms with Gasteiger partial charge in [-0.05, 0) is 69.1 Å². The Bertz CT molecular complexity index is 1530. The van der Waals surface area contributed by atoms with Crippen molar-refractivity contribution in [3.8, 4) is 11.3 Å². The van der Waals surface area contributed by atoms with Gasteiger partial charge in [-0.15, -0.1) is 0 Å². The van der Waals surface area contributed by atoms with Crippen molar-refractivity contribution in [1.29, 1.82) is 0 Å². The van der Waals surface area contributed by atoms with Gasteiger partial charge in [0.15, 0.2) is 0 Å². The first-order chi connectivity index (χ1) is 19.3. The number of aromatic amines is 1. The lowest BCUT2D eigenvalue weighted by molar-refractivity contribution is 0.0982. The maximum Gasteiger partial charge on any atom is 0.143 e. The summed E-state index contributed by atoms with van der Waals surface area (Å²) in [6.45, 7) is 10.0. The van der Waals surface area contributed by atoms with E-state index in [0.717, 1.165) is 29.7 Å². The van der Waals surface area contributed by atoms with Crippen LogP contribution in [-0.2, 0) is 4.57 Å². The minimum absolute atomic E-state index is 0.195. The summed E-state index contributed by atoms with van der Waals surface area (Å²) < 4.78 is 27.4. The summed E-state index contributed by atoms with van der Waals surface area (Å²) in [6.07, 6.45) is 3.89. The summed E-state index contributed by atoms with van der Waals surface area (Å²) in [4.78, 5) is 19.8. The number of nitrogens with zero attached hydrogens (tertiary/aromatic N) is 5. The Morgan fingerprint density at radius 2 is 1.70 bits per heavy atom. The molecule has 0 spiro atoms. The lowest BCUT2D eigenvalue weighted by Gasteiger charge is -2.42. The molecule has 2 aromatic carbocycles. The first kappa shape index (κ1) is 26.9. The molecule has 0 bridgehead atoms. The molecule has 2 fully saturated rings. The number of piperidine rings is 1. The largest absolute Gasteiger partial charge is 0.371 e. The molecule has 2 aliphatic rings. The fourth-order valence-corrected chi connectivity index (χ4v) is 7.31. The van der Waals surface area contributed by atoms with Crippen molar-refractivity contribution in [1.82, 2.24) is 24.8 Å². The van der Waals surface area contributed by atoms with Crippen LogP contribution in [0.5, 0.6) is 0 Å². The number of fused-ring (bicyclic) bond motifs is 1. The van der Waals surface area contributed by atoms with Crippen LogP contribution in [0.4, 0.5) is 21.6 Å². The molecule has 2 N–H and O–H groups in total. The maximum absolute atomic E-state index is 14.6. The number of nitrogens with one attached hydrogen (secondary N) is 2. The summed E-state index contributed by atoms with van der Waals surface area (Å²) in [5.41, 5.74) is 4.36. The maximum atomic E-state index is 14.6. The highest BCUT2D eigenvalue weighted by molar-refractivity contribution is 7.70. The number of piperazine rings is 1. The molecule has 2 aliphatic heterocycles. The third-order valence-electron chi connectivity index (χ3n) is 8.27. The number of benzene rings is 2. The van der Waals surface area contributed by atoms with Gasteiger partial charge < -0.3 is 24.7 Å². The van der Waals surface area contributed by atoms with Crippen LogP contribution in [0.2, 0.25) is 0 Å². The van der Waals surface area contributed by atoms with E-state index in [4.69, 9.17) is 0 Å². The molecule has 4 heterocycles. The number of halogens is 1. The molecular weight excluding hydrogens is 524 g/mol. The van der Waals surface area contributed by atoms with Crippen LogP contribution in [0.3, 0.4) is 0 Å². The summed E-state index contributed by atoms with van der Waals surface area (Å²) >= 11 is 0. The number of hydrogen-bond acceptors (Lipinski definition) is 7. The van der Waals surface area contributed by atoms with Crippen molar-refractivity contribution in [3.63, 3.8) is 0 Å². The van der Waals surface area contributed by atoms with E-state index >= 15 is 0 Å². The molecule has 0 unspecified atom stereocenters. The quantitative estimate of drug-likeness (QED) is 0.322. The fraction of sp³-hybridized carbons (Fsp3) is 0.400. The number of aromatic nitrogens is 3. The van der Waals surface area contributed by atoms with Gasteiger partial charge in [0.1, 0.15) is 30.8 Å². The van der Waals surface area contributed by atoms with E-state index in [1.807, 2.05) is 6.07 Å². The lowest BCUT2D eigenvalue weighted by atomic mass is 10.0. The molecule has 0 atom stereocenters. The zero-order chi connectivity index (χ0) is 27.9. The van der Waals surface area contributed by atoms with Gasteiger partial charge in [-0.3, -0.25) is 4.90 Å². The summed E-state index contributed by atoms with van der Waals surface area (Å²) in [5.74, 6) is 0.0506. The van der Waals surface area contributed by atoms with Gasteiger partial charge in [-0.1, -0.05) is 18.2 Å². The van der Waals surface area contributed by atoms with Crippen LogP contribution in [-0.4, -0.2) is 90.4 Å². The van der Waals surface area contributed by atoms with Gasteiger partial charge in [0.2, 0.25) is 0 Å². The second kappa shape index (κ2) is 11.0. The average Bonchev–Trinajstić information content (AvgIpc) is 3.39. The lowest BCUT2D eigenvalue weighted by Crippen LogP contribution is -2.52. The number of anilines is 3. The van der Waals surface area contributed by atoms with E-state index in [-0.39, 0.29) is 5.30 Å². The Morgan fingerprint density at radius 1 is 0.975 bits per heavy atom. The Balaban J connectivity index is 1.17. The van der Waals surface area contributed by atoms with Crippen LogP contribution in [0, 0.1) is 5.82 Å². The second-order valence-electron chi connectivity index (χ2n) is 11.4. The number of H-pyrrole nitrogens is 1. The van der Waals surface area contributed by atoms with Gasteiger partial charge in [0, 0.05) is 56.7 Å². The van der Waals surface area contributed by atoms with Crippen LogP contribution >= 0.6 is 7.14 Å². The smallest absolute Gasteiger partial charge is 0.143 e. The van der Waals surface area contributed by atoms with Gasteiger partial charge in [-0.25, -0.2) is 14.4 Å². The van der Waals surface area contributed by atoms with Crippen molar-refractivity contribution in [3.05, 3.63) is 60.7 Å². The molecule has 6 rings (SSSR count). The Hall–Kier alpha value is -3.26. The topological polar surface area (TPSA) is 80.4 Å². The summed E-state index contributed by atoms with van der Waals surface area (Å²) in [5, 5.41) is 4.19. The van der Waals surface area contributed by atoms with Gasteiger partial charge in [-0.2, -0.15) is 0 Å². The first-order valence-electron chi connectivity index (χ1n) is 14.0. The Labute approximate surface area is 235 Å². The minimum atomic E-state index is -2.86. The molecule has 10 heteroatoms. The fourth-order valence-electron chi connectivity index (χ4n) is 6.01. The molecule has 2 aromatic heterocycles. The molecule has 8 nitrogen and oxygen atoms in total. The first-order valence-corrected chi connectivity index (χ1v) is 16.6. The molecule has 210 valence electrons. The van der Waals surface area contributed by atoms with E-state index in [1.165, 1.54) is 57.1 Å². The van der Waals surface area contributed by atoms with Crippen molar-refractivity contribution >= 4 is 40.7 Å². The zero-order valence-electron chi connectivity index (χ0n) is 23.4. The number of rotatable bonds is 6. The van der Waals surface area contributed by atoms with Crippen LogP contribution in [0.1, 0.15) is 12.8 Å². The van der Waals surface area contributed by atoms with E-state index < -0.39 is 13.0 Å². The van der Waals surface area contributed by atoms with Crippen molar-refractivity contribution < 1.29 is 8.96 Å². The summed E-state index contributed by atoms with van der Waals surface area (Å²) in [7, 11) is -0.649. The van der Waals surface area contributed by atoms with E-state index in [0.29, 0.717) is 23.2 Å². The third-order valence-corrected chi connectivity index (χ3v) is 9.80. The molecule has 0 saturated carbocycles. The second-order valence-corrected chi connectivity index (χ2v) is 14.5. The highest BCUT2D eigenvalue weighted by atomic mass is 31.2. The average molecular weight is 562 g/mol. The minimum Gasteiger partial charge on any atom is -0.371 e.